The van der Waals surface area contributed by atoms with Gasteiger partial charge in [0.15, 0.2) is 0 Å². The maximum atomic E-state index is 8.76. The van der Waals surface area contributed by atoms with Gasteiger partial charge in [-0.3, -0.25) is 4.98 Å². The van der Waals surface area contributed by atoms with Crippen molar-refractivity contribution in [2.24, 2.45) is 0 Å². The van der Waals surface area contributed by atoms with Gasteiger partial charge in [0.2, 0.25) is 0 Å². The largest absolute Gasteiger partial charge is 0.353 e. The molecule has 6 nitrogen and oxygen atoms in total. The monoisotopic (exact) mass is 266 g/mol. The van der Waals surface area contributed by atoms with Gasteiger partial charge in [-0.05, 0) is 12.1 Å². The van der Waals surface area contributed by atoms with E-state index in [1.165, 1.54) is 0 Å². The minimum absolute atomic E-state index is 0.403. The molecule has 2 aromatic rings. The summed E-state index contributed by atoms with van der Waals surface area (Å²) in [5.41, 5.74) is 2.05. The van der Waals surface area contributed by atoms with E-state index in [0.717, 1.165) is 43.3 Å². The molecule has 3 heterocycles. The van der Waals surface area contributed by atoms with Crippen molar-refractivity contribution < 1.29 is 0 Å². The van der Waals surface area contributed by atoms with Crippen molar-refractivity contribution in [3.8, 4) is 17.3 Å². The number of hydrogen-bond acceptors (Lipinski definition) is 6. The van der Waals surface area contributed by atoms with E-state index >= 15 is 0 Å². The Bertz CT molecular complexity index is 625. The third-order valence-corrected chi connectivity index (χ3v) is 3.24. The Hall–Kier alpha value is -2.52. The van der Waals surface area contributed by atoms with Crippen LogP contribution in [0.5, 0.6) is 0 Å². The molecule has 0 aromatic carbocycles. The predicted molar refractivity (Wildman–Crippen MR) is 75.1 cm³/mol. The molecule has 0 atom stereocenters. The molecule has 0 saturated carbocycles. The van der Waals surface area contributed by atoms with Gasteiger partial charge < -0.3 is 10.2 Å². The molecule has 0 amide bonds. The maximum absolute atomic E-state index is 8.76. The van der Waals surface area contributed by atoms with E-state index in [1.807, 2.05) is 12.1 Å². The van der Waals surface area contributed by atoms with Gasteiger partial charge in [-0.2, -0.15) is 5.26 Å². The fourth-order valence-electron chi connectivity index (χ4n) is 2.15. The number of hydrogen-bond donors (Lipinski definition) is 1. The molecule has 0 aliphatic carbocycles. The van der Waals surface area contributed by atoms with Crippen LogP contribution < -0.4 is 10.2 Å². The second-order valence-corrected chi connectivity index (χ2v) is 4.54. The first-order valence-corrected chi connectivity index (χ1v) is 6.51. The third kappa shape index (κ3) is 2.58. The molecular formula is C14H14N6. The van der Waals surface area contributed by atoms with E-state index in [-0.39, 0.29) is 0 Å². The number of aromatic nitrogens is 3. The highest BCUT2D eigenvalue weighted by atomic mass is 15.2. The predicted octanol–water partition coefficient (Wildman–Crippen LogP) is 0.820. The van der Waals surface area contributed by atoms with Crippen LogP contribution in [-0.2, 0) is 0 Å². The van der Waals surface area contributed by atoms with Crippen LogP contribution in [0.1, 0.15) is 5.69 Å². The van der Waals surface area contributed by atoms with Crippen LogP contribution in [-0.4, -0.2) is 41.1 Å². The number of nitrogens with zero attached hydrogens (tertiary/aromatic N) is 5. The molecule has 1 fully saturated rings. The Morgan fingerprint density at radius 3 is 2.70 bits per heavy atom. The van der Waals surface area contributed by atoms with Gasteiger partial charge in [0.25, 0.3) is 0 Å². The molecule has 1 aliphatic rings. The van der Waals surface area contributed by atoms with Gasteiger partial charge in [-0.25, -0.2) is 9.97 Å². The lowest BCUT2D eigenvalue weighted by molar-refractivity contribution is 0.584. The van der Waals surface area contributed by atoms with Crippen LogP contribution in [0, 0.1) is 11.3 Å². The summed E-state index contributed by atoms with van der Waals surface area (Å²) >= 11 is 0. The minimum Gasteiger partial charge on any atom is -0.353 e. The number of piperazine rings is 1. The molecule has 0 spiro atoms. The Labute approximate surface area is 117 Å². The fraction of sp³-hybridized carbons (Fsp3) is 0.286. The molecule has 20 heavy (non-hydrogen) atoms. The number of pyridine rings is 1. The Kier molecular flexibility index (Phi) is 3.52. The summed E-state index contributed by atoms with van der Waals surface area (Å²) in [4.78, 5) is 15.2. The molecular weight excluding hydrogens is 252 g/mol. The first-order chi connectivity index (χ1) is 9.86. The zero-order valence-corrected chi connectivity index (χ0v) is 11.0. The van der Waals surface area contributed by atoms with Crippen molar-refractivity contribution in [3.05, 3.63) is 36.4 Å². The van der Waals surface area contributed by atoms with Crippen LogP contribution in [0.25, 0.3) is 11.3 Å². The molecule has 2 aromatic heterocycles. The Balaban J connectivity index is 1.88. The van der Waals surface area contributed by atoms with Gasteiger partial charge >= 0.3 is 0 Å². The van der Waals surface area contributed by atoms with E-state index in [2.05, 4.69) is 25.2 Å². The first-order valence-electron chi connectivity index (χ1n) is 6.51. The number of nitriles is 1. The van der Waals surface area contributed by atoms with Gasteiger partial charge in [-0.15, -0.1) is 0 Å². The molecule has 1 N–H and O–H groups in total. The summed E-state index contributed by atoms with van der Waals surface area (Å²) in [5.74, 6) is 0.883. The average Bonchev–Trinajstić information content (AvgIpc) is 2.56. The van der Waals surface area contributed by atoms with Crippen molar-refractivity contribution in [1.29, 1.82) is 5.26 Å². The highest BCUT2D eigenvalue weighted by molar-refractivity contribution is 5.59. The van der Waals surface area contributed by atoms with Crippen LogP contribution in [0.4, 0.5) is 5.82 Å². The minimum atomic E-state index is 0.403. The molecule has 6 heteroatoms. The van der Waals surface area contributed by atoms with Gasteiger partial charge in [0.05, 0.1) is 18.1 Å². The van der Waals surface area contributed by atoms with Crippen molar-refractivity contribution >= 4 is 5.82 Å². The van der Waals surface area contributed by atoms with Crippen LogP contribution in [0.2, 0.25) is 0 Å². The number of rotatable bonds is 2. The average molecular weight is 266 g/mol. The Morgan fingerprint density at radius 1 is 1.15 bits per heavy atom. The summed E-state index contributed by atoms with van der Waals surface area (Å²) in [6.07, 6.45) is 5.16. The van der Waals surface area contributed by atoms with Gasteiger partial charge in [-0.1, -0.05) is 0 Å². The Morgan fingerprint density at radius 2 is 2.00 bits per heavy atom. The molecule has 0 radical (unpaired) electrons. The summed E-state index contributed by atoms with van der Waals surface area (Å²) in [6, 6.07) is 5.54. The van der Waals surface area contributed by atoms with Gasteiger partial charge in [0, 0.05) is 37.9 Å². The van der Waals surface area contributed by atoms with Crippen molar-refractivity contribution in [3.63, 3.8) is 0 Å². The lowest BCUT2D eigenvalue weighted by Crippen LogP contribution is -2.43. The summed E-state index contributed by atoms with van der Waals surface area (Å²) in [7, 11) is 0. The molecule has 1 saturated heterocycles. The van der Waals surface area contributed by atoms with E-state index in [1.54, 1.807) is 24.7 Å². The molecule has 0 unspecified atom stereocenters. The second kappa shape index (κ2) is 5.63. The maximum Gasteiger partial charge on any atom is 0.147 e. The lowest BCUT2D eigenvalue weighted by Gasteiger charge is -2.28. The van der Waals surface area contributed by atoms with Crippen LogP contribution in [0.3, 0.4) is 0 Å². The zero-order valence-electron chi connectivity index (χ0n) is 11.0. The van der Waals surface area contributed by atoms with E-state index < -0.39 is 0 Å². The summed E-state index contributed by atoms with van der Waals surface area (Å²) < 4.78 is 0. The standard InChI is InChI=1S/C14H14N6/c15-7-12-2-1-11(8-18-12)13-9-17-10-14(19-13)20-5-3-16-4-6-20/h1-2,8-10,16H,3-6H2. The van der Waals surface area contributed by atoms with E-state index in [0.29, 0.717) is 5.69 Å². The lowest BCUT2D eigenvalue weighted by atomic mass is 10.2. The van der Waals surface area contributed by atoms with Crippen LogP contribution >= 0.6 is 0 Å². The second-order valence-electron chi connectivity index (χ2n) is 4.54. The normalized spacial score (nSPS) is 14.8. The number of anilines is 1. The highest BCUT2D eigenvalue weighted by Crippen LogP contribution is 2.19. The van der Waals surface area contributed by atoms with Crippen molar-refractivity contribution in [2.45, 2.75) is 0 Å². The topological polar surface area (TPSA) is 77.7 Å². The zero-order chi connectivity index (χ0) is 13.8. The first kappa shape index (κ1) is 12.5. The quantitative estimate of drug-likeness (QED) is 0.867. The van der Waals surface area contributed by atoms with Crippen molar-refractivity contribution in [2.75, 3.05) is 31.1 Å². The SMILES string of the molecule is N#Cc1ccc(-c2cncc(N3CCNCC3)n2)cn1. The smallest absolute Gasteiger partial charge is 0.147 e. The van der Waals surface area contributed by atoms with E-state index in [9.17, 15) is 0 Å². The highest BCUT2D eigenvalue weighted by Gasteiger charge is 2.12. The molecule has 100 valence electrons. The summed E-state index contributed by atoms with van der Waals surface area (Å²) in [5, 5.41) is 12.1. The third-order valence-electron chi connectivity index (χ3n) is 3.24. The van der Waals surface area contributed by atoms with Crippen molar-refractivity contribution in [1.82, 2.24) is 20.3 Å². The molecule has 1 aliphatic heterocycles. The number of nitrogens with one attached hydrogen (secondary N) is 1. The fourth-order valence-corrected chi connectivity index (χ4v) is 2.15. The summed E-state index contributed by atoms with van der Waals surface area (Å²) in [6.45, 7) is 3.79. The van der Waals surface area contributed by atoms with Crippen LogP contribution in [0.15, 0.2) is 30.7 Å². The van der Waals surface area contributed by atoms with Gasteiger partial charge in [0.1, 0.15) is 17.6 Å². The van der Waals surface area contributed by atoms with E-state index in [4.69, 9.17) is 5.26 Å². The molecule has 0 bridgehead atoms. The molecule has 3 rings (SSSR count).